The van der Waals surface area contributed by atoms with Crippen molar-refractivity contribution in [3.8, 4) is 0 Å². The molecule has 0 radical (unpaired) electrons. The Hall–Kier alpha value is -1.55. The average Bonchev–Trinajstić information content (AvgIpc) is 2.78. The Labute approximate surface area is 102 Å². The van der Waals surface area contributed by atoms with Crippen LogP contribution in [-0.4, -0.2) is 48.9 Å². The van der Waals surface area contributed by atoms with E-state index in [9.17, 15) is 4.79 Å². The van der Waals surface area contributed by atoms with Gasteiger partial charge >= 0.3 is 0 Å². The van der Waals surface area contributed by atoms with Crippen LogP contribution in [0.3, 0.4) is 0 Å². The Balaban J connectivity index is 2.04. The molecule has 0 saturated carbocycles. The van der Waals surface area contributed by atoms with Gasteiger partial charge in [0, 0.05) is 30.4 Å². The summed E-state index contributed by atoms with van der Waals surface area (Å²) >= 11 is 0. The van der Waals surface area contributed by atoms with Crippen molar-refractivity contribution in [2.75, 3.05) is 32.9 Å². The molecule has 1 fully saturated rings. The van der Waals surface area contributed by atoms with Crippen LogP contribution in [0.25, 0.3) is 0 Å². The molecular formula is C13H19N3O. The van der Waals surface area contributed by atoms with E-state index in [0.29, 0.717) is 11.7 Å². The highest BCUT2D eigenvalue weighted by molar-refractivity contribution is 5.94. The number of nitrogens with two attached hydrogens (primary N) is 1. The Morgan fingerprint density at radius 2 is 2.00 bits per heavy atom. The summed E-state index contributed by atoms with van der Waals surface area (Å²) in [5.41, 5.74) is 7.02. The molecule has 4 heteroatoms. The number of hydrogen-bond donors (Lipinski definition) is 1. The molecule has 1 atom stereocenters. The van der Waals surface area contributed by atoms with Crippen molar-refractivity contribution >= 4 is 11.6 Å². The number of amides is 1. The molecule has 4 nitrogen and oxygen atoms in total. The molecule has 1 aliphatic rings. The number of carbonyl (C=O) groups is 1. The smallest absolute Gasteiger partial charge is 0.253 e. The van der Waals surface area contributed by atoms with Crippen LogP contribution in [0.4, 0.5) is 5.69 Å². The first-order valence-electron chi connectivity index (χ1n) is 5.89. The molecule has 0 bridgehead atoms. The minimum Gasteiger partial charge on any atom is -0.399 e. The Morgan fingerprint density at radius 1 is 1.35 bits per heavy atom. The first-order chi connectivity index (χ1) is 8.08. The third kappa shape index (κ3) is 2.58. The molecule has 0 spiro atoms. The van der Waals surface area contributed by atoms with Crippen LogP contribution in [0.2, 0.25) is 0 Å². The van der Waals surface area contributed by atoms with E-state index < -0.39 is 0 Å². The molecule has 1 amide bonds. The second-order valence-electron chi connectivity index (χ2n) is 4.78. The molecule has 17 heavy (non-hydrogen) atoms. The maximum atomic E-state index is 12.2. The minimum absolute atomic E-state index is 0.106. The Kier molecular flexibility index (Phi) is 3.33. The van der Waals surface area contributed by atoms with Gasteiger partial charge in [-0.05, 0) is 44.8 Å². The van der Waals surface area contributed by atoms with E-state index >= 15 is 0 Å². The van der Waals surface area contributed by atoms with Crippen molar-refractivity contribution in [2.45, 2.75) is 12.5 Å². The summed E-state index contributed by atoms with van der Waals surface area (Å²) in [6.07, 6.45) is 1.05. The highest BCUT2D eigenvalue weighted by atomic mass is 16.2. The van der Waals surface area contributed by atoms with E-state index in [0.717, 1.165) is 25.1 Å². The monoisotopic (exact) mass is 233 g/mol. The van der Waals surface area contributed by atoms with Crippen molar-refractivity contribution in [1.29, 1.82) is 0 Å². The number of likely N-dealkylation sites (tertiary alicyclic amines) is 1. The number of anilines is 1. The predicted molar refractivity (Wildman–Crippen MR) is 68.8 cm³/mol. The number of rotatable bonds is 2. The fourth-order valence-electron chi connectivity index (χ4n) is 2.16. The van der Waals surface area contributed by atoms with Crippen molar-refractivity contribution < 1.29 is 4.79 Å². The summed E-state index contributed by atoms with van der Waals surface area (Å²) in [4.78, 5) is 16.3. The molecule has 2 N–H and O–H groups in total. The van der Waals surface area contributed by atoms with Crippen LogP contribution < -0.4 is 5.73 Å². The topological polar surface area (TPSA) is 49.6 Å². The van der Waals surface area contributed by atoms with Crippen LogP contribution in [0.5, 0.6) is 0 Å². The summed E-state index contributed by atoms with van der Waals surface area (Å²) < 4.78 is 0. The average molecular weight is 233 g/mol. The number of carbonyl (C=O) groups excluding carboxylic acids is 1. The second-order valence-corrected chi connectivity index (χ2v) is 4.78. The largest absolute Gasteiger partial charge is 0.399 e. The van der Waals surface area contributed by atoms with Crippen LogP contribution in [-0.2, 0) is 0 Å². The number of hydrogen-bond acceptors (Lipinski definition) is 3. The zero-order chi connectivity index (χ0) is 12.4. The van der Waals surface area contributed by atoms with Gasteiger partial charge in [0.1, 0.15) is 0 Å². The lowest BCUT2D eigenvalue weighted by molar-refractivity contribution is 0.0783. The maximum absolute atomic E-state index is 12.2. The van der Waals surface area contributed by atoms with Gasteiger partial charge in [-0.15, -0.1) is 0 Å². The summed E-state index contributed by atoms with van der Waals surface area (Å²) in [7, 11) is 4.11. The quantitative estimate of drug-likeness (QED) is 0.777. The van der Waals surface area contributed by atoms with Crippen molar-refractivity contribution in [3.63, 3.8) is 0 Å². The van der Waals surface area contributed by atoms with E-state index in [4.69, 9.17) is 5.73 Å². The van der Waals surface area contributed by atoms with Crippen molar-refractivity contribution in [3.05, 3.63) is 29.8 Å². The third-order valence-corrected chi connectivity index (χ3v) is 3.34. The highest BCUT2D eigenvalue weighted by Gasteiger charge is 2.27. The van der Waals surface area contributed by atoms with Crippen LogP contribution in [0.15, 0.2) is 24.3 Å². The number of likely N-dealkylation sites (N-methyl/N-ethyl adjacent to an activating group) is 1. The number of nitrogens with zero attached hydrogens (tertiary/aromatic N) is 2. The normalized spacial score (nSPS) is 19.9. The first-order valence-corrected chi connectivity index (χ1v) is 5.89. The molecule has 0 unspecified atom stereocenters. The van der Waals surface area contributed by atoms with Gasteiger partial charge in [0.15, 0.2) is 0 Å². The molecular weight excluding hydrogens is 214 g/mol. The lowest BCUT2D eigenvalue weighted by Crippen LogP contribution is -2.34. The lowest BCUT2D eigenvalue weighted by atomic mass is 10.2. The van der Waals surface area contributed by atoms with E-state index in [1.165, 1.54) is 0 Å². The van der Waals surface area contributed by atoms with Gasteiger partial charge in [0.2, 0.25) is 0 Å². The van der Waals surface area contributed by atoms with Gasteiger partial charge < -0.3 is 15.5 Å². The van der Waals surface area contributed by atoms with Crippen LogP contribution in [0, 0.1) is 0 Å². The van der Waals surface area contributed by atoms with Gasteiger partial charge in [-0.3, -0.25) is 4.79 Å². The van der Waals surface area contributed by atoms with Crippen molar-refractivity contribution in [2.24, 2.45) is 0 Å². The summed E-state index contributed by atoms with van der Waals surface area (Å²) in [6.45, 7) is 1.66. The molecule has 1 saturated heterocycles. The van der Waals surface area contributed by atoms with Crippen molar-refractivity contribution in [1.82, 2.24) is 9.80 Å². The highest BCUT2D eigenvalue weighted by Crippen LogP contribution is 2.17. The molecule has 2 rings (SSSR count). The first kappa shape index (κ1) is 11.9. The zero-order valence-corrected chi connectivity index (χ0v) is 10.4. The zero-order valence-electron chi connectivity index (χ0n) is 10.4. The van der Waals surface area contributed by atoms with Crippen LogP contribution in [0.1, 0.15) is 16.8 Å². The summed E-state index contributed by atoms with van der Waals surface area (Å²) in [5.74, 6) is 0.106. The molecule has 0 aromatic heterocycles. The third-order valence-electron chi connectivity index (χ3n) is 3.34. The molecule has 0 aliphatic carbocycles. The Bertz CT molecular complexity index is 400. The van der Waals surface area contributed by atoms with E-state index in [2.05, 4.69) is 19.0 Å². The molecule has 1 aromatic rings. The molecule has 1 aromatic carbocycles. The SMILES string of the molecule is CN(C)[C@@H]1CCN(C(=O)c2ccc(N)cc2)C1. The second kappa shape index (κ2) is 4.75. The summed E-state index contributed by atoms with van der Waals surface area (Å²) in [5, 5.41) is 0. The van der Waals surface area contributed by atoms with E-state index in [1.54, 1.807) is 24.3 Å². The maximum Gasteiger partial charge on any atom is 0.253 e. The van der Waals surface area contributed by atoms with E-state index in [1.807, 2.05) is 4.90 Å². The molecule has 92 valence electrons. The molecule has 1 aliphatic heterocycles. The van der Waals surface area contributed by atoms with Gasteiger partial charge in [0.05, 0.1) is 0 Å². The minimum atomic E-state index is 0.106. The predicted octanol–water partition coefficient (Wildman–Crippen LogP) is 1.04. The van der Waals surface area contributed by atoms with E-state index in [-0.39, 0.29) is 5.91 Å². The van der Waals surface area contributed by atoms with Gasteiger partial charge in [0.25, 0.3) is 5.91 Å². The Morgan fingerprint density at radius 3 is 2.53 bits per heavy atom. The lowest BCUT2D eigenvalue weighted by Gasteiger charge is -2.20. The fraction of sp³-hybridized carbons (Fsp3) is 0.462. The number of benzene rings is 1. The van der Waals surface area contributed by atoms with Gasteiger partial charge in [-0.25, -0.2) is 0 Å². The van der Waals surface area contributed by atoms with Gasteiger partial charge in [-0.2, -0.15) is 0 Å². The molecule has 1 heterocycles. The van der Waals surface area contributed by atoms with Gasteiger partial charge in [-0.1, -0.05) is 0 Å². The standard InChI is InChI=1S/C13H19N3O/c1-15(2)12-7-8-16(9-12)13(17)10-3-5-11(14)6-4-10/h3-6,12H,7-9,14H2,1-2H3/t12-/m1/s1. The number of nitrogen functional groups attached to an aromatic ring is 1. The van der Waals surface area contributed by atoms with Crippen LogP contribution >= 0.6 is 0 Å². The summed E-state index contributed by atoms with van der Waals surface area (Å²) in [6, 6.07) is 7.61. The fourth-order valence-corrected chi connectivity index (χ4v) is 2.16.